The number of rotatable bonds is 1. The summed E-state index contributed by atoms with van der Waals surface area (Å²) in [5.41, 5.74) is 6.27. The maximum Gasteiger partial charge on any atom is 0.257 e. The second-order valence-electron chi connectivity index (χ2n) is 5.09. The Labute approximate surface area is 112 Å². The fraction of sp³-hybridized carbons (Fsp3) is 0.538. The third-order valence-electron chi connectivity index (χ3n) is 3.19. The Morgan fingerprint density at radius 2 is 2.28 bits per heavy atom. The molecule has 2 heterocycles. The van der Waals surface area contributed by atoms with Crippen LogP contribution in [0.25, 0.3) is 0 Å². The molecule has 0 aliphatic carbocycles. The predicted molar refractivity (Wildman–Crippen MR) is 75.7 cm³/mol. The third-order valence-corrected chi connectivity index (χ3v) is 4.57. The molecule has 5 heteroatoms. The van der Waals surface area contributed by atoms with E-state index in [1.807, 2.05) is 16.7 Å². The quantitative estimate of drug-likeness (QED) is 0.844. The summed E-state index contributed by atoms with van der Waals surface area (Å²) in [4.78, 5) is 18.2. The van der Waals surface area contributed by atoms with E-state index in [4.69, 9.17) is 5.73 Å². The Kier molecular flexibility index (Phi) is 3.80. The maximum absolute atomic E-state index is 12.4. The zero-order valence-electron chi connectivity index (χ0n) is 10.8. The van der Waals surface area contributed by atoms with Gasteiger partial charge in [-0.05, 0) is 18.6 Å². The minimum absolute atomic E-state index is 0.00102. The minimum atomic E-state index is -0.00102. The lowest BCUT2D eigenvalue weighted by Gasteiger charge is -2.23. The van der Waals surface area contributed by atoms with E-state index in [9.17, 15) is 4.79 Å². The molecule has 0 unspecified atom stereocenters. The molecule has 1 aromatic heterocycles. The van der Waals surface area contributed by atoms with E-state index in [1.54, 1.807) is 18.3 Å². The number of nitrogens with zero attached hydrogens (tertiary/aromatic N) is 2. The van der Waals surface area contributed by atoms with E-state index in [0.717, 1.165) is 25.3 Å². The Bertz CT molecular complexity index is 448. The van der Waals surface area contributed by atoms with Crippen LogP contribution < -0.4 is 5.73 Å². The van der Waals surface area contributed by atoms with Crippen molar-refractivity contribution in [2.45, 2.75) is 25.0 Å². The Balaban J connectivity index is 2.13. The Hall–Kier alpha value is -1.23. The molecule has 0 bridgehead atoms. The second-order valence-corrected chi connectivity index (χ2v) is 6.89. The lowest BCUT2D eigenvalue weighted by molar-refractivity contribution is 0.0765. The summed E-state index contributed by atoms with van der Waals surface area (Å²) >= 11 is 1.92. The molecule has 1 aliphatic rings. The van der Waals surface area contributed by atoms with Crippen LogP contribution in [0.3, 0.4) is 0 Å². The van der Waals surface area contributed by atoms with Crippen LogP contribution in [-0.2, 0) is 0 Å². The van der Waals surface area contributed by atoms with Crippen molar-refractivity contribution >= 4 is 23.5 Å². The van der Waals surface area contributed by atoms with Crippen LogP contribution in [0.5, 0.6) is 0 Å². The van der Waals surface area contributed by atoms with E-state index in [0.29, 0.717) is 11.4 Å². The van der Waals surface area contributed by atoms with Gasteiger partial charge in [-0.3, -0.25) is 4.79 Å². The molecule has 2 N–H and O–H groups in total. The van der Waals surface area contributed by atoms with Crippen LogP contribution in [0.2, 0.25) is 0 Å². The molecular weight excluding hydrogens is 246 g/mol. The lowest BCUT2D eigenvalue weighted by Crippen LogP contribution is -2.34. The summed E-state index contributed by atoms with van der Waals surface area (Å²) in [7, 11) is 0. The van der Waals surface area contributed by atoms with E-state index < -0.39 is 0 Å². The fourth-order valence-corrected chi connectivity index (χ4v) is 3.09. The zero-order valence-corrected chi connectivity index (χ0v) is 11.7. The number of nitrogens with two attached hydrogens (primary N) is 1. The van der Waals surface area contributed by atoms with Crippen LogP contribution in [0, 0.1) is 0 Å². The molecule has 0 atom stereocenters. The van der Waals surface area contributed by atoms with Crippen LogP contribution in [0.4, 0.5) is 5.82 Å². The average Bonchev–Trinajstić information content (AvgIpc) is 2.50. The Morgan fingerprint density at radius 3 is 3.00 bits per heavy atom. The summed E-state index contributed by atoms with van der Waals surface area (Å²) in [6, 6.07) is 3.49. The van der Waals surface area contributed by atoms with Crippen molar-refractivity contribution in [3.63, 3.8) is 0 Å². The van der Waals surface area contributed by atoms with Crippen LogP contribution in [-0.4, -0.2) is 39.4 Å². The van der Waals surface area contributed by atoms with Gasteiger partial charge in [0.05, 0.1) is 5.56 Å². The molecule has 1 aromatic rings. The maximum atomic E-state index is 12.4. The van der Waals surface area contributed by atoms with Crippen molar-refractivity contribution in [1.82, 2.24) is 9.88 Å². The first kappa shape index (κ1) is 13.2. The summed E-state index contributed by atoms with van der Waals surface area (Å²) < 4.78 is 0.246. The number of pyridine rings is 1. The molecule has 1 aliphatic heterocycles. The van der Waals surface area contributed by atoms with Gasteiger partial charge >= 0.3 is 0 Å². The third kappa shape index (κ3) is 2.96. The van der Waals surface area contributed by atoms with Gasteiger partial charge < -0.3 is 10.6 Å². The summed E-state index contributed by atoms with van der Waals surface area (Å²) in [5, 5.41) is 0. The lowest BCUT2D eigenvalue weighted by atomic mass is 10.1. The van der Waals surface area contributed by atoms with E-state index in [1.165, 1.54) is 0 Å². The minimum Gasteiger partial charge on any atom is -0.383 e. The number of anilines is 1. The van der Waals surface area contributed by atoms with Gasteiger partial charge in [0.15, 0.2) is 0 Å². The van der Waals surface area contributed by atoms with E-state index in [2.05, 4.69) is 18.8 Å². The highest BCUT2D eigenvalue weighted by atomic mass is 32.2. The number of nitrogen functional groups attached to an aromatic ring is 1. The van der Waals surface area contributed by atoms with Gasteiger partial charge in [0.2, 0.25) is 0 Å². The molecule has 1 amide bonds. The standard InChI is InChI=1S/C13H19N3OS/c1-13(2)5-7-16(8-9-18-13)12(17)10-4-3-6-15-11(10)14/h3-4,6H,5,7-9H2,1-2H3,(H2,14,15). The second kappa shape index (κ2) is 5.18. The predicted octanol–water partition coefficient (Wildman–Crippen LogP) is 2.02. The highest BCUT2D eigenvalue weighted by Gasteiger charge is 2.27. The monoisotopic (exact) mass is 265 g/mol. The van der Waals surface area contributed by atoms with Crippen molar-refractivity contribution in [2.24, 2.45) is 0 Å². The van der Waals surface area contributed by atoms with Crippen LogP contribution in [0.15, 0.2) is 18.3 Å². The SMILES string of the molecule is CC1(C)CCN(C(=O)c2cccnc2N)CCS1. The van der Waals surface area contributed by atoms with Gasteiger partial charge in [0, 0.05) is 29.8 Å². The number of hydrogen-bond acceptors (Lipinski definition) is 4. The van der Waals surface area contributed by atoms with Crippen LogP contribution in [0.1, 0.15) is 30.6 Å². The van der Waals surface area contributed by atoms with Gasteiger partial charge in [-0.25, -0.2) is 4.98 Å². The molecule has 0 spiro atoms. The summed E-state index contributed by atoms with van der Waals surface area (Å²) in [6.07, 6.45) is 2.61. The molecule has 18 heavy (non-hydrogen) atoms. The molecule has 1 fully saturated rings. The first-order valence-electron chi connectivity index (χ1n) is 6.13. The molecule has 0 radical (unpaired) electrons. The van der Waals surface area contributed by atoms with E-state index in [-0.39, 0.29) is 10.7 Å². The number of hydrogen-bond donors (Lipinski definition) is 1. The van der Waals surface area contributed by atoms with E-state index >= 15 is 0 Å². The van der Waals surface area contributed by atoms with Gasteiger partial charge in [-0.15, -0.1) is 0 Å². The van der Waals surface area contributed by atoms with Crippen molar-refractivity contribution in [3.05, 3.63) is 23.9 Å². The Morgan fingerprint density at radius 1 is 1.50 bits per heavy atom. The molecule has 2 rings (SSSR count). The number of amides is 1. The van der Waals surface area contributed by atoms with Crippen molar-refractivity contribution < 1.29 is 4.79 Å². The number of aromatic nitrogens is 1. The summed E-state index contributed by atoms with van der Waals surface area (Å²) in [6.45, 7) is 6.02. The highest BCUT2D eigenvalue weighted by Crippen LogP contribution is 2.31. The van der Waals surface area contributed by atoms with Gasteiger partial charge in [-0.1, -0.05) is 13.8 Å². The van der Waals surface area contributed by atoms with Crippen LogP contribution >= 0.6 is 11.8 Å². The van der Waals surface area contributed by atoms with Crippen molar-refractivity contribution in [1.29, 1.82) is 0 Å². The molecule has 4 nitrogen and oxygen atoms in total. The fourth-order valence-electron chi connectivity index (χ4n) is 1.99. The number of thioether (sulfide) groups is 1. The van der Waals surface area contributed by atoms with Crippen molar-refractivity contribution in [3.8, 4) is 0 Å². The smallest absolute Gasteiger partial charge is 0.257 e. The van der Waals surface area contributed by atoms with Gasteiger partial charge in [-0.2, -0.15) is 11.8 Å². The largest absolute Gasteiger partial charge is 0.383 e. The molecule has 0 aromatic carbocycles. The number of carbonyl (C=O) groups excluding carboxylic acids is 1. The molecular formula is C13H19N3OS. The number of carbonyl (C=O) groups is 1. The normalized spacial score (nSPS) is 19.3. The zero-order chi connectivity index (χ0) is 13.2. The highest BCUT2D eigenvalue weighted by molar-refractivity contribution is 8.00. The van der Waals surface area contributed by atoms with Gasteiger partial charge in [0.25, 0.3) is 5.91 Å². The first-order valence-corrected chi connectivity index (χ1v) is 7.12. The van der Waals surface area contributed by atoms with Gasteiger partial charge in [0.1, 0.15) is 5.82 Å². The molecule has 1 saturated heterocycles. The summed E-state index contributed by atoms with van der Waals surface area (Å²) in [5.74, 6) is 1.29. The van der Waals surface area contributed by atoms with Crippen molar-refractivity contribution in [2.75, 3.05) is 24.6 Å². The topological polar surface area (TPSA) is 59.2 Å². The molecule has 98 valence electrons. The first-order chi connectivity index (χ1) is 8.49. The average molecular weight is 265 g/mol. The molecule has 0 saturated carbocycles.